The highest BCUT2D eigenvalue weighted by Crippen LogP contribution is 2.37. The van der Waals surface area contributed by atoms with Crippen LogP contribution in [0.2, 0.25) is 0 Å². The molecule has 1 aliphatic rings. The average Bonchev–Trinajstić information content (AvgIpc) is 3.16. The summed E-state index contributed by atoms with van der Waals surface area (Å²) >= 11 is 3.48. The number of imidazole rings is 1. The van der Waals surface area contributed by atoms with E-state index in [1.54, 1.807) is 4.57 Å². The van der Waals surface area contributed by atoms with E-state index in [2.05, 4.69) is 36.1 Å². The number of rotatable bonds is 3. The zero-order valence-electron chi connectivity index (χ0n) is 11.0. The summed E-state index contributed by atoms with van der Waals surface area (Å²) in [5, 5.41) is 6.64. The van der Waals surface area contributed by atoms with Gasteiger partial charge in [-0.15, -0.1) is 0 Å². The lowest BCUT2D eigenvalue weighted by Crippen LogP contribution is -2.16. The van der Waals surface area contributed by atoms with Gasteiger partial charge < -0.3 is 4.98 Å². The maximum absolute atomic E-state index is 11.9. The Hall–Kier alpha value is -2.15. The molecule has 0 bridgehead atoms. The fourth-order valence-electron chi connectivity index (χ4n) is 2.38. The van der Waals surface area contributed by atoms with Gasteiger partial charge in [0.1, 0.15) is 16.1 Å². The third-order valence-electron chi connectivity index (χ3n) is 3.54. The highest BCUT2D eigenvalue weighted by Gasteiger charge is 2.30. The van der Waals surface area contributed by atoms with Crippen molar-refractivity contribution in [2.75, 3.05) is 0 Å². The monoisotopic (exact) mass is 345 g/mol. The minimum absolute atomic E-state index is 0.177. The number of H-pyrrole nitrogens is 2. The summed E-state index contributed by atoms with van der Waals surface area (Å²) in [6, 6.07) is 10.1. The largest absolute Gasteiger partial charge is 0.343 e. The van der Waals surface area contributed by atoms with Crippen LogP contribution in [0.5, 0.6) is 0 Å². The van der Waals surface area contributed by atoms with Crippen LogP contribution in [-0.4, -0.2) is 24.7 Å². The lowest BCUT2D eigenvalue weighted by atomic mass is 10.2. The zero-order chi connectivity index (χ0) is 14.4. The van der Waals surface area contributed by atoms with Crippen LogP contribution in [0, 0.1) is 0 Å². The molecule has 4 rings (SSSR count). The topological polar surface area (TPSA) is 79.4 Å². The summed E-state index contributed by atoms with van der Waals surface area (Å²) in [5.41, 5.74) is 1.46. The van der Waals surface area contributed by atoms with E-state index in [-0.39, 0.29) is 11.7 Å². The smallest absolute Gasteiger partial charge is 0.332 e. The van der Waals surface area contributed by atoms with E-state index in [4.69, 9.17) is 0 Å². The summed E-state index contributed by atoms with van der Waals surface area (Å²) in [6.07, 6.45) is 2.03. The van der Waals surface area contributed by atoms with Gasteiger partial charge in [-0.3, -0.25) is 4.57 Å². The Morgan fingerprint density at radius 2 is 2.00 bits per heavy atom. The molecule has 21 heavy (non-hydrogen) atoms. The Kier molecular flexibility index (Phi) is 2.81. The first-order chi connectivity index (χ1) is 10.2. The molecule has 1 fully saturated rings. The molecule has 3 aromatic rings. The van der Waals surface area contributed by atoms with Gasteiger partial charge in [0.15, 0.2) is 5.82 Å². The number of hydrogen-bond donors (Lipinski definition) is 2. The van der Waals surface area contributed by atoms with Gasteiger partial charge in [-0.1, -0.05) is 30.3 Å². The van der Waals surface area contributed by atoms with E-state index < -0.39 is 0 Å². The van der Waals surface area contributed by atoms with E-state index in [1.165, 1.54) is 0 Å². The third-order valence-corrected chi connectivity index (χ3v) is 4.11. The molecular weight excluding hydrogens is 334 g/mol. The van der Waals surface area contributed by atoms with Gasteiger partial charge in [-0.2, -0.15) is 5.10 Å². The Labute approximate surface area is 128 Å². The van der Waals surface area contributed by atoms with Crippen LogP contribution < -0.4 is 5.69 Å². The molecule has 2 N–H and O–H groups in total. The number of hydrogen-bond acceptors (Lipinski definition) is 3. The second kappa shape index (κ2) is 4.70. The maximum atomic E-state index is 11.9. The highest BCUT2D eigenvalue weighted by atomic mass is 79.9. The van der Waals surface area contributed by atoms with Crippen molar-refractivity contribution in [1.82, 2.24) is 24.7 Å². The summed E-state index contributed by atoms with van der Waals surface area (Å²) in [6.45, 7) is 0. The Bertz CT molecular complexity index is 844. The summed E-state index contributed by atoms with van der Waals surface area (Å²) < 4.78 is 2.41. The van der Waals surface area contributed by atoms with Crippen molar-refractivity contribution in [3.8, 4) is 22.9 Å². The fourth-order valence-corrected chi connectivity index (χ4v) is 2.83. The average molecular weight is 346 g/mol. The van der Waals surface area contributed by atoms with Crippen molar-refractivity contribution >= 4 is 15.9 Å². The number of nitrogens with one attached hydrogen (secondary N) is 2. The molecule has 2 aromatic heterocycles. The molecule has 0 radical (unpaired) electrons. The summed E-state index contributed by atoms with van der Waals surface area (Å²) in [5.74, 6) is 1.32. The van der Waals surface area contributed by atoms with Crippen molar-refractivity contribution in [3.63, 3.8) is 0 Å². The second-order valence-electron chi connectivity index (χ2n) is 5.07. The number of benzene rings is 1. The van der Waals surface area contributed by atoms with Crippen LogP contribution >= 0.6 is 15.9 Å². The van der Waals surface area contributed by atoms with Crippen molar-refractivity contribution < 1.29 is 0 Å². The Morgan fingerprint density at radius 1 is 1.24 bits per heavy atom. The molecule has 0 aliphatic heterocycles. The van der Waals surface area contributed by atoms with Gasteiger partial charge in [-0.25, -0.2) is 14.9 Å². The van der Waals surface area contributed by atoms with Crippen molar-refractivity contribution in [3.05, 3.63) is 45.4 Å². The Morgan fingerprint density at radius 3 is 2.71 bits per heavy atom. The summed E-state index contributed by atoms with van der Waals surface area (Å²) in [7, 11) is 0. The number of aromatic nitrogens is 5. The lowest BCUT2D eigenvalue weighted by Gasteiger charge is -2.00. The number of nitrogens with zero attached hydrogens (tertiary/aromatic N) is 3. The fraction of sp³-hybridized carbons (Fsp3) is 0.214. The molecule has 0 spiro atoms. The van der Waals surface area contributed by atoms with Crippen LogP contribution in [0.4, 0.5) is 0 Å². The first-order valence-electron chi connectivity index (χ1n) is 6.72. The molecule has 7 heteroatoms. The standard InChI is InChI=1S/C14H12BrN5O/c15-11-10(13-18-19-14(21)20(13)9-6-7-9)16-12(17-11)8-4-2-1-3-5-8/h1-5,9H,6-7H2,(H,16,17)(H,19,21). The van der Waals surface area contributed by atoms with Crippen LogP contribution in [0.15, 0.2) is 39.7 Å². The molecule has 1 aromatic carbocycles. The molecule has 2 heterocycles. The van der Waals surface area contributed by atoms with Crippen LogP contribution in [0.25, 0.3) is 22.9 Å². The van der Waals surface area contributed by atoms with Crippen LogP contribution in [0.1, 0.15) is 18.9 Å². The van der Waals surface area contributed by atoms with Gasteiger partial charge in [0.05, 0.1) is 0 Å². The van der Waals surface area contributed by atoms with Gasteiger partial charge in [0.2, 0.25) is 0 Å². The van der Waals surface area contributed by atoms with Crippen molar-refractivity contribution in [1.29, 1.82) is 0 Å². The molecule has 6 nitrogen and oxygen atoms in total. The third kappa shape index (κ3) is 2.13. The second-order valence-corrected chi connectivity index (χ2v) is 5.86. The first kappa shape index (κ1) is 12.6. The van der Waals surface area contributed by atoms with E-state index >= 15 is 0 Å². The minimum Gasteiger partial charge on any atom is -0.332 e. The van der Waals surface area contributed by atoms with Crippen molar-refractivity contribution in [2.24, 2.45) is 0 Å². The normalized spacial score (nSPS) is 14.5. The lowest BCUT2D eigenvalue weighted by molar-refractivity contribution is 0.715. The molecule has 0 saturated heterocycles. The van der Waals surface area contributed by atoms with E-state index in [0.717, 1.165) is 28.8 Å². The quantitative estimate of drug-likeness (QED) is 0.765. The molecular formula is C14H12BrN5O. The molecule has 106 valence electrons. The predicted molar refractivity (Wildman–Crippen MR) is 81.8 cm³/mol. The first-order valence-corrected chi connectivity index (χ1v) is 7.51. The van der Waals surface area contributed by atoms with E-state index in [0.29, 0.717) is 11.5 Å². The molecule has 1 aliphatic carbocycles. The SMILES string of the molecule is O=c1[nH]nc(-c2nc(-c3ccccc3)[nH]c2Br)n1C1CC1. The van der Waals surface area contributed by atoms with E-state index in [9.17, 15) is 4.79 Å². The maximum Gasteiger partial charge on any atom is 0.343 e. The van der Waals surface area contributed by atoms with Crippen LogP contribution in [0.3, 0.4) is 0 Å². The zero-order valence-corrected chi connectivity index (χ0v) is 12.6. The predicted octanol–water partition coefficient (Wildman–Crippen LogP) is 2.73. The molecule has 0 unspecified atom stereocenters. The molecule has 0 atom stereocenters. The Balaban J connectivity index is 1.83. The van der Waals surface area contributed by atoms with Gasteiger partial charge >= 0.3 is 5.69 Å². The number of aromatic amines is 2. The van der Waals surface area contributed by atoms with Gasteiger partial charge in [0.25, 0.3) is 0 Å². The number of halogens is 1. The van der Waals surface area contributed by atoms with Crippen molar-refractivity contribution in [2.45, 2.75) is 18.9 Å². The molecule has 1 saturated carbocycles. The highest BCUT2D eigenvalue weighted by molar-refractivity contribution is 9.10. The van der Waals surface area contributed by atoms with Gasteiger partial charge in [-0.05, 0) is 28.8 Å². The van der Waals surface area contributed by atoms with Crippen LogP contribution in [-0.2, 0) is 0 Å². The van der Waals surface area contributed by atoms with E-state index in [1.807, 2.05) is 30.3 Å². The minimum atomic E-state index is -0.177. The molecule has 0 amide bonds. The van der Waals surface area contributed by atoms with Gasteiger partial charge in [0, 0.05) is 11.6 Å². The summed E-state index contributed by atoms with van der Waals surface area (Å²) in [4.78, 5) is 19.7.